The highest BCUT2D eigenvalue weighted by atomic mass is 16.6. The molecule has 300 valence electrons. The van der Waals surface area contributed by atoms with Crippen LogP contribution in [0.1, 0.15) is 134 Å². The van der Waals surface area contributed by atoms with Gasteiger partial charge in [0.2, 0.25) is 0 Å². The van der Waals surface area contributed by atoms with Gasteiger partial charge in [0, 0.05) is 34.9 Å². The predicted octanol–water partition coefficient (Wildman–Crippen LogP) is 7.66. The summed E-state index contributed by atoms with van der Waals surface area (Å²) in [7, 11) is 2.18. The molecule has 0 amide bonds. The summed E-state index contributed by atoms with van der Waals surface area (Å²) in [5.41, 5.74) is -0.521. The smallest absolute Gasteiger partial charge is 0.320 e. The summed E-state index contributed by atoms with van der Waals surface area (Å²) in [5, 5.41) is 14.6. The number of rotatable bonds is 8. The first-order valence-corrected chi connectivity index (χ1v) is 20.7. The zero-order valence-electron chi connectivity index (χ0n) is 35.3. The molecule has 2 heterocycles. The Morgan fingerprint density at radius 1 is 0.925 bits per heavy atom. The molecule has 53 heavy (non-hydrogen) atoms. The minimum absolute atomic E-state index is 0.0111. The molecule has 6 rings (SSSR count). The molecule has 2 bridgehead atoms. The number of carbonyl (C=O) groups is 3. The number of fused-ring (bicyclic) bond motifs is 3. The van der Waals surface area contributed by atoms with Crippen LogP contribution >= 0.6 is 0 Å². The molecule has 2 saturated heterocycles. The maximum absolute atomic E-state index is 13.8. The van der Waals surface area contributed by atoms with Gasteiger partial charge in [0.05, 0.1) is 25.7 Å². The van der Waals surface area contributed by atoms with E-state index in [-0.39, 0.29) is 69.6 Å². The minimum atomic E-state index is -0.666. The van der Waals surface area contributed by atoms with Crippen molar-refractivity contribution in [2.45, 2.75) is 164 Å². The van der Waals surface area contributed by atoms with Crippen molar-refractivity contribution in [2.24, 2.45) is 56.7 Å². The van der Waals surface area contributed by atoms with Crippen LogP contribution in [0, 0.1) is 56.7 Å². The van der Waals surface area contributed by atoms with Gasteiger partial charge in [-0.3, -0.25) is 19.3 Å². The molecule has 0 unspecified atom stereocenters. The van der Waals surface area contributed by atoms with Gasteiger partial charge in [-0.05, 0) is 126 Å². The number of nitrogens with zero attached hydrogens (tertiary/aromatic N) is 1. The predicted molar refractivity (Wildman–Crippen MR) is 206 cm³/mol. The third-order valence-electron chi connectivity index (χ3n) is 17.5. The lowest BCUT2D eigenvalue weighted by Crippen LogP contribution is -2.70. The Morgan fingerprint density at radius 2 is 1.57 bits per heavy atom. The first-order chi connectivity index (χ1) is 24.4. The molecule has 0 radical (unpaired) electrons. The molecular weight excluding hydrogens is 668 g/mol. The third kappa shape index (κ3) is 6.15. The number of allylic oxidation sites excluding steroid dienone is 1. The Hall–Kier alpha value is -1.97. The standard InChI is InChI=1S/C44H72N2O7/c1-26(2)27(3)40(9)18-19-42(11)30-14-15-33-41(10)24-51-25-44(33,31(30)16-17-43(42,12)35(40)37(49)50)22-32(52-28(4)47)36(41)53-34(48)23-45-29-20-38(5,6)46(13)39(7,8)21-29/h16,26-27,29-30,32-33,35-36,45H,14-15,17-25H2,1-13H3,(H,49,50)/t27-,30+,32-,33+,35-,36+,40-,41-,42-,43+,44+/m1/s1. The lowest BCUT2D eigenvalue weighted by molar-refractivity contribution is -0.263. The van der Waals surface area contributed by atoms with Gasteiger partial charge in [-0.2, -0.15) is 0 Å². The van der Waals surface area contributed by atoms with E-state index in [4.69, 9.17) is 14.2 Å². The van der Waals surface area contributed by atoms with E-state index in [0.29, 0.717) is 32.0 Å². The number of ether oxygens (including phenoxy) is 3. The molecule has 0 aromatic heterocycles. The lowest BCUT2D eigenvalue weighted by Gasteiger charge is -2.71. The van der Waals surface area contributed by atoms with Gasteiger partial charge in [-0.15, -0.1) is 0 Å². The van der Waals surface area contributed by atoms with Crippen LogP contribution in [-0.4, -0.2) is 84.0 Å². The maximum Gasteiger partial charge on any atom is 0.320 e. The second-order valence-corrected chi connectivity index (χ2v) is 21.3. The van der Waals surface area contributed by atoms with Gasteiger partial charge in [-0.1, -0.05) is 60.1 Å². The molecule has 0 aromatic rings. The summed E-state index contributed by atoms with van der Waals surface area (Å²) in [5.74, 6) is -0.777. The number of piperidine rings is 1. The number of aliphatic carboxylic acids is 1. The van der Waals surface area contributed by atoms with Crippen LogP contribution in [0.4, 0.5) is 0 Å². The number of carbonyl (C=O) groups excluding carboxylic acids is 2. The summed E-state index contributed by atoms with van der Waals surface area (Å²) in [6.45, 7) is 27.3. The topological polar surface area (TPSA) is 114 Å². The normalized spacial score (nSPS) is 44.1. The molecule has 0 aromatic carbocycles. The molecular formula is C44H72N2O7. The monoisotopic (exact) mass is 741 g/mol. The van der Waals surface area contributed by atoms with Crippen LogP contribution in [0.5, 0.6) is 0 Å². The van der Waals surface area contributed by atoms with E-state index < -0.39 is 34.9 Å². The molecule has 9 nitrogen and oxygen atoms in total. The Labute approximate surface area is 320 Å². The summed E-state index contributed by atoms with van der Waals surface area (Å²) in [4.78, 5) is 42.4. The van der Waals surface area contributed by atoms with Crippen molar-refractivity contribution in [3.05, 3.63) is 11.6 Å². The summed E-state index contributed by atoms with van der Waals surface area (Å²) < 4.78 is 19.2. The van der Waals surface area contributed by atoms with Crippen molar-refractivity contribution < 1.29 is 33.7 Å². The van der Waals surface area contributed by atoms with Crippen molar-refractivity contribution >= 4 is 17.9 Å². The van der Waals surface area contributed by atoms with Crippen molar-refractivity contribution in [1.29, 1.82) is 0 Å². The van der Waals surface area contributed by atoms with Crippen LogP contribution in [-0.2, 0) is 28.6 Å². The number of nitrogens with one attached hydrogen (secondary N) is 1. The Balaban J connectivity index is 1.30. The summed E-state index contributed by atoms with van der Waals surface area (Å²) >= 11 is 0. The first kappa shape index (κ1) is 40.7. The van der Waals surface area contributed by atoms with Crippen molar-refractivity contribution in [2.75, 3.05) is 26.8 Å². The van der Waals surface area contributed by atoms with Crippen molar-refractivity contribution in [3.63, 3.8) is 0 Å². The van der Waals surface area contributed by atoms with Gasteiger partial charge >= 0.3 is 17.9 Å². The highest BCUT2D eigenvalue weighted by Crippen LogP contribution is 2.75. The molecule has 2 aliphatic heterocycles. The van der Waals surface area contributed by atoms with Gasteiger partial charge in [-0.25, -0.2) is 0 Å². The van der Waals surface area contributed by atoms with Gasteiger partial charge in [0.15, 0.2) is 0 Å². The van der Waals surface area contributed by atoms with Crippen LogP contribution in [0.25, 0.3) is 0 Å². The van der Waals surface area contributed by atoms with E-state index in [1.54, 1.807) is 0 Å². The average molecular weight is 741 g/mol. The number of hydrogen-bond donors (Lipinski definition) is 2. The highest BCUT2D eigenvalue weighted by molar-refractivity contribution is 5.73. The zero-order valence-corrected chi connectivity index (χ0v) is 35.3. The number of hydrogen-bond acceptors (Lipinski definition) is 8. The molecule has 9 heteroatoms. The molecule has 3 saturated carbocycles. The van der Waals surface area contributed by atoms with Crippen LogP contribution in [0.15, 0.2) is 11.6 Å². The second kappa shape index (κ2) is 13.3. The number of carboxylic acids is 1. The van der Waals surface area contributed by atoms with Gasteiger partial charge < -0.3 is 24.6 Å². The summed E-state index contributed by atoms with van der Waals surface area (Å²) in [6.07, 6.45) is 8.02. The van der Waals surface area contributed by atoms with Gasteiger partial charge in [0.1, 0.15) is 12.2 Å². The van der Waals surface area contributed by atoms with Crippen LogP contribution in [0.3, 0.4) is 0 Å². The minimum Gasteiger partial charge on any atom is -0.481 e. The number of carboxylic acid groups (broad SMARTS) is 1. The molecule has 2 N–H and O–H groups in total. The van der Waals surface area contributed by atoms with E-state index in [0.717, 1.165) is 38.5 Å². The number of likely N-dealkylation sites (tertiary alicyclic amines) is 1. The molecule has 6 aliphatic rings. The second-order valence-electron chi connectivity index (χ2n) is 21.3. The highest BCUT2D eigenvalue weighted by Gasteiger charge is 2.72. The van der Waals surface area contributed by atoms with E-state index in [2.05, 4.69) is 99.5 Å². The van der Waals surface area contributed by atoms with Crippen molar-refractivity contribution in [1.82, 2.24) is 10.2 Å². The Morgan fingerprint density at radius 3 is 2.15 bits per heavy atom. The van der Waals surface area contributed by atoms with Crippen LogP contribution in [0.2, 0.25) is 0 Å². The quantitative estimate of drug-likeness (QED) is 0.191. The first-order valence-electron chi connectivity index (χ1n) is 20.7. The van der Waals surface area contributed by atoms with E-state index in [1.165, 1.54) is 12.5 Å². The fraction of sp³-hybridized carbons (Fsp3) is 0.886. The van der Waals surface area contributed by atoms with Crippen LogP contribution < -0.4 is 5.32 Å². The van der Waals surface area contributed by atoms with E-state index in [9.17, 15) is 19.5 Å². The van der Waals surface area contributed by atoms with Gasteiger partial charge in [0.25, 0.3) is 0 Å². The maximum atomic E-state index is 13.8. The Kier molecular flexibility index (Phi) is 10.2. The molecule has 0 spiro atoms. The SMILES string of the molecule is CC(=O)O[C@@H]1C[C@@]23COC[C@](C)([C@@H]2CC[C@H]2C3=CC[C@@]3(C)[C@H](C(=O)O)[C@@](C)([C@H](C)C(C)C)CC[C@]23C)[C@H]1OC(=O)CNC1CC(C)(C)N(C)C(C)(C)C1. The average Bonchev–Trinajstić information content (AvgIpc) is 3.04. The van der Waals surface area contributed by atoms with E-state index in [1.807, 2.05) is 0 Å². The zero-order chi connectivity index (χ0) is 39.3. The van der Waals surface area contributed by atoms with E-state index >= 15 is 0 Å². The fourth-order valence-corrected chi connectivity index (χ4v) is 14.0. The molecule has 11 atom stereocenters. The fourth-order valence-electron chi connectivity index (χ4n) is 14.0. The largest absolute Gasteiger partial charge is 0.481 e. The summed E-state index contributed by atoms with van der Waals surface area (Å²) in [6, 6.07) is 0.174. The molecule has 5 fully saturated rings. The lowest BCUT2D eigenvalue weighted by atomic mass is 9.34. The van der Waals surface area contributed by atoms with Crippen molar-refractivity contribution in [3.8, 4) is 0 Å². The third-order valence-corrected chi connectivity index (χ3v) is 17.5. The number of esters is 2. The molecule has 4 aliphatic carbocycles. The Bertz CT molecular complexity index is 1490.